The van der Waals surface area contributed by atoms with E-state index in [1.54, 1.807) is 0 Å². The molecule has 0 spiro atoms. The lowest BCUT2D eigenvalue weighted by Gasteiger charge is -2.38. The zero-order valence-electron chi connectivity index (χ0n) is 9.45. The Balaban J connectivity index is 2.52. The lowest BCUT2D eigenvalue weighted by atomic mass is 9.99. The van der Waals surface area contributed by atoms with Crippen LogP contribution in [0.5, 0.6) is 0 Å². The Morgan fingerprint density at radius 3 is 2.86 bits per heavy atom. The molecule has 0 aliphatic carbocycles. The zero-order valence-corrected chi connectivity index (χ0v) is 10.3. The van der Waals surface area contributed by atoms with Gasteiger partial charge in [0.2, 0.25) is 0 Å². The molecule has 0 bridgehead atoms. The van der Waals surface area contributed by atoms with Crippen molar-refractivity contribution in [2.75, 3.05) is 18.6 Å². The summed E-state index contributed by atoms with van der Waals surface area (Å²) in [5, 5.41) is 0. The predicted octanol–water partition coefficient (Wildman–Crippen LogP) is 2.18. The Bertz CT molecular complexity index is 196. The van der Waals surface area contributed by atoms with Crippen molar-refractivity contribution in [2.45, 2.75) is 45.2 Å². The SMILES string of the molecule is CCC(CSC)N1CCC(=O)CC1C. The van der Waals surface area contributed by atoms with E-state index >= 15 is 0 Å². The fourth-order valence-electron chi connectivity index (χ4n) is 2.21. The first kappa shape index (κ1) is 12.1. The smallest absolute Gasteiger partial charge is 0.135 e. The van der Waals surface area contributed by atoms with E-state index in [1.165, 1.54) is 12.2 Å². The maximum Gasteiger partial charge on any atom is 0.135 e. The van der Waals surface area contributed by atoms with Crippen molar-refractivity contribution in [3.05, 3.63) is 0 Å². The molecule has 3 heteroatoms. The molecule has 0 saturated carbocycles. The van der Waals surface area contributed by atoms with Gasteiger partial charge in [-0.15, -0.1) is 0 Å². The summed E-state index contributed by atoms with van der Waals surface area (Å²) >= 11 is 1.90. The number of carbonyl (C=O) groups excluding carboxylic acids is 1. The van der Waals surface area contributed by atoms with Gasteiger partial charge in [0.25, 0.3) is 0 Å². The topological polar surface area (TPSA) is 20.3 Å². The molecular formula is C11H21NOS. The van der Waals surface area contributed by atoms with Crippen molar-refractivity contribution < 1.29 is 4.79 Å². The van der Waals surface area contributed by atoms with Gasteiger partial charge in [0.05, 0.1) is 0 Å². The first-order valence-corrected chi connectivity index (χ1v) is 6.84. The molecule has 0 aromatic carbocycles. The molecule has 1 rings (SSSR count). The van der Waals surface area contributed by atoms with Crippen LogP contribution in [-0.4, -0.2) is 41.3 Å². The lowest BCUT2D eigenvalue weighted by Crippen LogP contribution is -2.48. The maximum atomic E-state index is 11.3. The molecular weight excluding hydrogens is 194 g/mol. The highest BCUT2D eigenvalue weighted by atomic mass is 32.2. The minimum Gasteiger partial charge on any atom is -0.300 e. The molecule has 2 nitrogen and oxygen atoms in total. The molecule has 1 fully saturated rings. The van der Waals surface area contributed by atoms with Crippen LogP contribution in [-0.2, 0) is 4.79 Å². The number of hydrogen-bond donors (Lipinski definition) is 0. The van der Waals surface area contributed by atoms with Crippen molar-refractivity contribution in [3.63, 3.8) is 0 Å². The number of thioether (sulfide) groups is 1. The van der Waals surface area contributed by atoms with E-state index in [0.717, 1.165) is 19.4 Å². The fourth-order valence-corrected chi connectivity index (χ4v) is 3.02. The van der Waals surface area contributed by atoms with E-state index < -0.39 is 0 Å². The van der Waals surface area contributed by atoms with E-state index in [2.05, 4.69) is 25.0 Å². The summed E-state index contributed by atoms with van der Waals surface area (Å²) in [4.78, 5) is 13.8. The summed E-state index contributed by atoms with van der Waals surface area (Å²) in [6.45, 7) is 5.39. The summed E-state index contributed by atoms with van der Waals surface area (Å²) in [7, 11) is 0. The third kappa shape index (κ3) is 2.99. The third-order valence-electron chi connectivity index (χ3n) is 3.04. The van der Waals surface area contributed by atoms with Gasteiger partial charge in [-0.25, -0.2) is 0 Å². The number of rotatable bonds is 4. The van der Waals surface area contributed by atoms with Gasteiger partial charge in [-0.1, -0.05) is 6.92 Å². The fraction of sp³-hybridized carbons (Fsp3) is 0.909. The van der Waals surface area contributed by atoms with Crippen LogP contribution >= 0.6 is 11.8 Å². The third-order valence-corrected chi connectivity index (χ3v) is 3.76. The average Bonchev–Trinajstić information content (AvgIpc) is 2.15. The summed E-state index contributed by atoms with van der Waals surface area (Å²) in [5.74, 6) is 1.63. The summed E-state index contributed by atoms with van der Waals surface area (Å²) < 4.78 is 0. The van der Waals surface area contributed by atoms with Gasteiger partial charge in [0.1, 0.15) is 5.78 Å². The predicted molar refractivity (Wildman–Crippen MR) is 62.9 cm³/mol. The molecule has 0 radical (unpaired) electrons. The van der Waals surface area contributed by atoms with Crippen molar-refractivity contribution in [1.29, 1.82) is 0 Å². The van der Waals surface area contributed by atoms with E-state index in [-0.39, 0.29) is 0 Å². The quantitative estimate of drug-likeness (QED) is 0.717. The van der Waals surface area contributed by atoms with E-state index in [9.17, 15) is 4.79 Å². The van der Waals surface area contributed by atoms with Crippen LogP contribution in [0, 0.1) is 0 Å². The minimum atomic E-state index is 0.438. The van der Waals surface area contributed by atoms with Crippen molar-refractivity contribution >= 4 is 17.5 Å². The molecule has 0 N–H and O–H groups in total. The molecule has 0 amide bonds. The normalized spacial score (nSPS) is 26.5. The largest absolute Gasteiger partial charge is 0.300 e. The van der Waals surface area contributed by atoms with E-state index in [1.807, 2.05) is 11.8 Å². The Morgan fingerprint density at radius 2 is 2.36 bits per heavy atom. The Morgan fingerprint density at radius 1 is 1.64 bits per heavy atom. The number of piperidine rings is 1. The lowest BCUT2D eigenvalue weighted by molar-refractivity contribution is -0.123. The number of Topliss-reactive ketones (excluding diaryl/α,β-unsaturated/α-hetero) is 1. The maximum absolute atomic E-state index is 11.3. The second kappa shape index (κ2) is 5.76. The molecule has 14 heavy (non-hydrogen) atoms. The van der Waals surface area contributed by atoms with Gasteiger partial charge in [-0.2, -0.15) is 11.8 Å². The standard InChI is InChI=1S/C11H21NOS/c1-4-10(8-14-3)12-6-5-11(13)7-9(12)2/h9-10H,4-8H2,1-3H3. The molecule has 82 valence electrons. The van der Waals surface area contributed by atoms with E-state index in [0.29, 0.717) is 17.9 Å². The van der Waals surface area contributed by atoms with Crippen LogP contribution in [0.15, 0.2) is 0 Å². The Kier molecular flexibility index (Phi) is 4.96. The highest BCUT2D eigenvalue weighted by Crippen LogP contribution is 2.20. The second-order valence-corrected chi connectivity index (χ2v) is 5.01. The molecule has 1 aliphatic heterocycles. The van der Waals surface area contributed by atoms with Crippen LogP contribution < -0.4 is 0 Å². The Labute approximate surface area is 91.4 Å². The molecule has 1 heterocycles. The van der Waals surface area contributed by atoms with Gasteiger partial charge < -0.3 is 0 Å². The summed E-state index contributed by atoms with van der Waals surface area (Å²) in [6.07, 6.45) is 4.86. The van der Waals surface area contributed by atoms with Crippen LogP contribution in [0.3, 0.4) is 0 Å². The van der Waals surface area contributed by atoms with Gasteiger partial charge in [-0.3, -0.25) is 9.69 Å². The number of hydrogen-bond acceptors (Lipinski definition) is 3. The van der Waals surface area contributed by atoms with Crippen LogP contribution in [0.2, 0.25) is 0 Å². The molecule has 2 unspecified atom stereocenters. The van der Waals surface area contributed by atoms with Gasteiger partial charge in [0.15, 0.2) is 0 Å². The second-order valence-electron chi connectivity index (χ2n) is 4.10. The van der Waals surface area contributed by atoms with Gasteiger partial charge in [0, 0.05) is 37.2 Å². The van der Waals surface area contributed by atoms with Crippen LogP contribution in [0.25, 0.3) is 0 Å². The molecule has 1 aliphatic rings. The monoisotopic (exact) mass is 215 g/mol. The number of nitrogens with zero attached hydrogens (tertiary/aromatic N) is 1. The molecule has 0 aromatic rings. The summed E-state index contributed by atoms with van der Waals surface area (Å²) in [6, 6.07) is 1.11. The first-order valence-electron chi connectivity index (χ1n) is 5.45. The van der Waals surface area contributed by atoms with Gasteiger partial charge in [-0.05, 0) is 19.6 Å². The molecule has 0 aromatic heterocycles. The van der Waals surface area contributed by atoms with Crippen molar-refractivity contribution in [2.24, 2.45) is 0 Å². The molecule has 1 saturated heterocycles. The molecule has 2 atom stereocenters. The van der Waals surface area contributed by atoms with E-state index in [4.69, 9.17) is 0 Å². The van der Waals surface area contributed by atoms with Crippen molar-refractivity contribution in [3.8, 4) is 0 Å². The van der Waals surface area contributed by atoms with Crippen molar-refractivity contribution in [1.82, 2.24) is 4.90 Å². The Hall–Kier alpha value is -0.0200. The first-order chi connectivity index (χ1) is 6.69. The van der Waals surface area contributed by atoms with Crippen LogP contribution in [0.4, 0.5) is 0 Å². The van der Waals surface area contributed by atoms with Crippen LogP contribution in [0.1, 0.15) is 33.1 Å². The summed E-state index contributed by atoms with van der Waals surface area (Å²) in [5.41, 5.74) is 0. The minimum absolute atomic E-state index is 0.438. The highest BCUT2D eigenvalue weighted by Gasteiger charge is 2.27. The number of carbonyl (C=O) groups is 1. The number of ketones is 1. The number of likely N-dealkylation sites (tertiary alicyclic amines) is 1. The average molecular weight is 215 g/mol. The van der Waals surface area contributed by atoms with Gasteiger partial charge >= 0.3 is 0 Å². The zero-order chi connectivity index (χ0) is 10.6. The highest BCUT2D eigenvalue weighted by molar-refractivity contribution is 7.98.